The molecular weight excluding hydrogens is 521 g/mol. The van der Waals surface area contributed by atoms with Gasteiger partial charge in [0, 0.05) is 17.6 Å². The maximum absolute atomic E-state index is 13.7. The number of sulfonamides is 1. The van der Waals surface area contributed by atoms with E-state index in [1.165, 1.54) is 17.0 Å². The Hall–Kier alpha value is -2.29. The molecule has 0 unspecified atom stereocenters. The summed E-state index contributed by atoms with van der Waals surface area (Å²) < 4.78 is 26.4. The van der Waals surface area contributed by atoms with E-state index in [1.54, 1.807) is 6.07 Å². The zero-order valence-electron chi connectivity index (χ0n) is 20.6. The molecule has 7 nitrogen and oxygen atoms in total. The SMILES string of the molecule is CC[C@@H](C(=O)NC1CCCC1)N(CCc1ccccc1)C(=O)CN(c1cc(Cl)ccc1Cl)S(C)(=O)=O. The van der Waals surface area contributed by atoms with Gasteiger partial charge in [-0.3, -0.25) is 13.9 Å². The minimum Gasteiger partial charge on any atom is -0.352 e. The first-order valence-corrected chi connectivity index (χ1v) is 14.8. The summed E-state index contributed by atoms with van der Waals surface area (Å²) in [6.07, 6.45) is 5.93. The lowest BCUT2D eigenvalue weighted by atomic mass is 10.1. The van der Waals surface area contributed by atoms with Gasteiger partial charge in [0.25, 0.3) is 0 Å². The van der Waals surface area contributed by atoms with Crippen LogP contribution in [0.25, 0.3) is 0 Å². The van der Waals surface area contributed by atoms with Gasteiger partial charge in [0.1, 0.15) is 12.6 Å². The largest absolute Gasteiger partial charge is 0.352 e. The summed E-state index contributed by atoms with van der Waals surface area (Å²) in [6, 6.07) is 13.5. The standard InChI is InChI=1S/C26H33Cl2N3O4S/c1-3-23(26(33)29-21-11-7-8-12-21)30(16-15-19-9-5-4-6-10-19)25(32)18-31(36(2,34)35)24-17-20(27)13-14-22(24)28/h4-6,9-10,13-14,17,21,23H,3,7-8,11-12,15-16,18H2,1-2H3,(H,29,33)/t23-/m0/s1. The van der Waals surface area contributed by atoms with Crippen LogP contribution in [0.5, 0.6) is 0 Å². The van der Waals surface area contributed by atoms with Gasteiger partial charge in [-0.2, -0.15) is 0 Å². The Labute approximate surface area is 223 Å². The first kappa shape index (κ1) is 28.3. The van der Waals surface area contributed by atoms with E-state index in [1.807, 2.05) is 37.3 Å². The highest BCUT2D eigenvalue weighted by Crippen LogP contribution is 2.31. The molecule has 1 saturated carbocycles. The smallest absolute Gasteiger partial charge is 0.244 e. The van der Waals surface area contributed by atoms with Crippen molar-refractivity contribution in [2.75, 3.05) is 23.7 Å². The zero-order chi connectivity index (χ0) is 26.3. The van der Waals surface area contributed by atoms with Crippen LogP contribution in [0.3, 0.4) is 0 Å². The van der Waals surface area contributed by atoms with Crippen molar-refractivity contribution < 1.29 is 18.0 Å². The van der Waals surface area contributed by atoms with Gasteiger partial charge >= 0.3 is 0 Å². The van der Waals surface area contributed by atoms with Crippen molar-refractivity contribution in [3.63, 3.8) is 0 Å². The van der Waals surface area contributed by atoms with Gasteiger partial charge in [-0.15, -0.1) is 0 Å². The van der Waals surface area contributed by atoms with Crippen molar-refractivity contribution in [2.24, 2.45) is 0 Å². The Morgan fingerprint density at radius 2 is 1.75 bits per heavy atom. The fraction of sp³-hybridized carbons (Fsp3) is 0.462. The quantitative estimate of drug-likeness (QED) is 0.438. The van der Waals surface area contributed by atoms with E-state index in [0.717, 1.165) is 41.8 Å². The number of rotatable bonds is 11. The molecule has 0 radical (unpaired) electrons. The van der Waals surface area contributed by atoms with Crippen molar-refractivity contribution in [1.82, 2.24) is 10.2 Å². The predicted octanol–water partition coefficient (Wildman–Crippen LogP) is 4.67. The van der Waals surface area contributed by atoms with E-state index in [9.17, 15) is 18.0 Å². The van der Waals surface area contributed by atoms with Crippen molar-refractivity contribution >= 4 is 50.7 Å². The minimum absolute atomic E-state index is 0.107. The van der Waals surface area contributed by atoms with E-state index in [-0.39, 0.29) is 29.2 Å². The number of anilines is 1. The Balaban J connectivity index is 1.89. The van der Waals surface area contributed by atoms with Gasteiger partial charge in [-0.05, 0) is 49.4 Å². The molecule has 0 heterocycles. The van der Waals surface area contributed by atoms with Crippen LogP contribution in [0.2, 0.25) is 10.0 Å². The van der Waals surface area contributed by atoms with E-state index >= 15 is 0 Å². The number of nitrogens with zero attached hydrogens (tertiary/aromatic N) is 2. The Morgan fingerprint density at radius 1 is 1.08 bits per heavy atom. The molecule has 196 valence electrons. The molecule has 3 rings (SSSR count). The van der Waals surface area contributed by atoms with Crippen molar-refractivity contribution in [1.29, 1.82) is 0 Å². The summed E-state index contributed by atoms with van der Waals surface area (Å²) in [7, 11) is -3.88. The van der Waals surface area contributed by atoms with Crippen LogP contribution < -0.4 is 9.62 Å². The van der Waals surface area contributed by atoms with Crippen LogP contribution in [0, 0.1) is 0 Å². The van der Waals surface area contributed by atoms with Crippen LogP contribution in [0.15, 0.2) is 48.5 Å². The van der Waals surface area contributed by atoms with Crippen LogP contribution in [0.4, 0.5) is 5.69 Å². The molecule has 1 aliphatic rings. The number of benzene rings is 2. The normalized spacial score (nSPS) is 14.9. The third kappa shape index (κ3) is 7.60. The molecule has 1 aliphatic carbocycles. The van der Waals surface area contributed by atoms with Crippen molar-refractivity contribution in [2.45, 2.75) is 57.5 Å². The van der Waals surface area contributed by atoms with Gasteiger partial charge in [0.2, 0.25) is 21.8 Å². The molecule has 2 amide bonds. The van der Waals surface area contributed by atoms with E-state index in [4.69, 9.17) is 23.2 Å². The van der Waals surface area contributed by atoms with Gasteiger partial charge in [0.15, 0.2) is 0 Å². The molecule has 10 heteroatoms. The molecule has 0 saturated heterocycles. The van der Waals surface area contributed by atoms with Gasteiger partial charge < -0.3 is 10.2 Å². The molecule has 0 bridgehead atoms. The number of carbonyl (C=O) groups excluding carboxylic acids is 2. The first-order valence-electron chi connectivity index (χ1n) is 12.2. The van der Waals surface area contributed by atoms with Crippen molar-refractivity contribution in [3.05, 3.63) is 64.1 Å². The van der Waals surface area contributed by atoms with Crippen LogP contribution >= 0.6 is 23.2 Å². The monoisotopic (exact) mass is 553 g/mol. The Morgan fingerprint density at radius 3 is 2.36 bits per heavy atom. The number of hydrogen-bond acceptors (Lipinski definition) is 4. The summed E-state index contributed by atoms with van der Waals surface area (Å²) in [5.74, 6) is -0.696. The fourth-order valence-electron chi connectivity index (χ4n) is 4.54. The van der Waals surface area contributed by atoms with Gasteiger partial charge in [-0.25, -0.2) is 8.42 Å². The second-order valence-corrected chi connectivity index (χ2v) is 11.9. The number of nitrogens with one attached hydrogen (secondary N) is 1. The zero-order valence-corrected chi connectivity index (χ0v) is 23.0. The van der Waals surface area contributed by atoms with Crippen LogP contribution in [-0.4, -0.2) is 56.6 Å². The minimum atomic E-state index is -3.88. The summed E-state index contributed by atoms with van der Waals surface area (Å²) in [4.78, 5) is 28.5. The molecule has 0 aliphatic heterocycles. The topological polar surface area (TPSA) is 86.8 Å². The molecule has 0 aromatic heterocycles. The summed E-state index contributed by atoms with van der Waals surface area (Å²) >= 11 is 12.4. The molecule has 1 fully saturated rings. The lowest BCUT2D eigenvalue weighted by Gasteiger charge is -2.33. The second kappa shape index (κ2) is 12.8. The van der Waals surface area contributed by atoms with Crippen molar-refractivity contribution in [3.8, 4) is 0 Å². The molecule has 1 atom stereocenters. The predicted molar refractivity (Wildman–Crippen MR) is 145 cm³/mol. The molecule has 1 N–H and O–H groups in total. The molecule has 2 aromatic carbocycles. The van der Waals surface area contributed by atoms with Gasteiger partial charge in [0.05, 0.1) is 17.0 Å². The second-order valence-electron chi connectivity index (χ2n) is 9.10. The van der Waals surface area contributed by atoms with Crippen LogP contribution in [0.1, 0.15) is 44.6 Å². The number of amides is 2. The van der Waals surface area contributed by atoms with E-state index in [0.29, 0.717) is 17.9 Å². The molecule has 36 heavy (non-hydrogen) atoms. The highest BCUT2D eigenvalue weighted by molar-refractivity contribution is 7.92. The summed E-state index contributed by atoms with van der Waals surface area (Å²) in [6.45, 7) is 1.62. The van der Waals surface area contributed by atoms with Crippen LogP contribution in [-0.2, 0) is 26.0 Å². The number of hydrogen-bond donors (Lipinski definition) is 1. The number of carbonyl (C=O) groups is 2. The Bertz CT molecular complexity index is 1160. The first-order chi connectivity index (χ1) is 17.1. The maximum atomic E-state index is 13.7. The molecule has 0 spiro atoms. The average molecular weight is 555 g/mol. The van der Waals surface area contributed by atoms with E-state index in [2.05, 4.69) is 5.32 Å². The summed E-state index contributed by atoms with van der Waals surface area (Å²) in [5, 5.41) is 3.53. The third-order valence-electron chi connectivity index (χ3n) is 6.43. The highest BCUT2D eigenvalue weighted by Gasteiger charge is 2.33. The lowest BCUT2D eigenvalue weighted by molar-refractivity contribution is -0.139. The third-order valence-corrected chi connectivity index (χ3v) is 8.11. The fourth-order valence-corrected chi connectivity index (χ4v) is 5.82. The highest BCUT2D eigenvalue weighted by atomic mass is 35.5. The van der Waals surface area contributed by atoms with Gasteiger partial charge in [-0.1, -0.05) is 73.3 Å². The lowest BCUT2D eigenvalue weighted by Crippen LogP contribution is -2.54. The van der Waals surface area contributed by atoms with E-state index < -0.39 is 28.5 Å². The Kier molecular flexibility index (Phi) is 10.0. The molecule has 2 aromatic rings. The number of halogens is 2. The summed E-state index contributed by atoms with van der Waals surface area (Å²) in [5.41, 5.74) is 1.13. The average Bonchev–Trinajstić information content (AvgIpc) is 3.34. The maximum Gasteiger partial charge on any atom is 0.244 e. The molecular formula is C26H33Cl2N3O4S.